The third-order valence-electron chi connectivity index (χ3n) is 6.37. The lowest BCUT2D eigenvalue weighted by molar-refractivity contribution is 0.102. The molecule has 0 fully saturated rings. The van der Waals surface area contributed by atoms with Crippen molar-refractivity contribution in [3.8, 4) is 11.5 Å². The highest BCUT2D eigenvalue weighted by Gasteiger charge is 2.18. The molecular formula is C24H25N5O3S. The SMILES string of the molecule is Cc1cc(C(=O)CSc2nnc(-c3ccc4c(=O)n5c(nc4c3)CCCCC5)o2)c(C)n1C. The van der Waals surface area contributed by atoms with E-state index >= 15 is 0 Å². The Bertz CT molecular complexity index is 1430. The molecule has 33 heavy (non-hydrogen) atoms. The van der Waals surface area contributed by atoms with Crippen LogP contribution in [0.15, 0.2) is 38.7 Å². The maximum Gasteiger partial charge on any atom is 0.277 e. The summed E-state index contributed by atoms with van der Waals surface area (Å²) in [5.74, 6) is 1.43. The summed E-state index contributed by atoms with van der Waals surface area (Å²) in [5, 5.41) is 9.15. The lowest BCUT2D eigenvalue weighted by Gasteiger charge is -2.10. The Balaban J connectivity index is 1.37. The summed E-state index contributed by atoms with van der Waals surface area (Å²) in [4.78, 5) is 30.3. The highest BCUT2D eigenvalue weighted by Crippen LogP contribution is 2.26. The summed E-state index contributed by atoms with van der Waals surface area (Å²) in [6.07, 6.45) is 3.97. The molecule has 0 saturated heterocycles. The summed E-state index contributed by atoms with van der Waals surface area (Å²) in [6, 6.07) is 7.31. The fourth-order valence-electron chi connectivity index (χ4n) is 4.28. The van der Waals surface area contributed by atoms with E-state index < -0.39 is 0 Å². The topological polar surface area (TPSA) is 95.8 Å². The van der Waals surface area contributed by atoms with E-state index in [0.717, 1.165) is 49.4 Å². The Hall–Kier alpha value is -3.20. The standard InChI is InChI=1S/C24H25N5O3S/c1-14-11-18(15(2)28(14)3)20(30)13-33-24-27-26-22(32-24)16-8-9-17-19(12-16)25-21-7-5-4-6-10-29(21)23(17)31/h8-9,11-12H,4-7,10,13H2,1-3H3. The lowest BCUT2D eigenvalue weighted by Crippen LogP contribution is -2.24. The molecule has 5 rings (SSSR count). The van der Waals surface area contributed by atoms with Crippen LogP contribution in [-0.4, -0.2) is 35.9 Å². The largest absolute Gasteiger partial charge is 0.411 e. The summed E-state index contributed by atoms with van der Waals surface area (Å²) in [7, 11) is 1.95. The van der Waals surface area contributed by atoms with Crippen LogP contribution in [0.3, 0.4) is 0 Å². The van der Waals surface area contributed by atoms with Gasteiger partial charge in [0.05, 0.1) is 16.7 Å². The Morgan fingerprint density at radius 1 is 1.15 bits per heavy atom. The van der Waals surface area contributed by atoms with Gasteiger partial charge in [-0.2, -0.15) is 0 Å². The molecule has 8 nitrogen and oxygen atoms in total. The highest BCUT2D eigenvalue weighted by molar-refractivity contribution is 7.99. The van der Waals surface area contributed by atoms with Crippen LogP contribution >= 0.6 is 11.8 Å². The molecule has 4 heterocycles. The second kappa shape index (κ2) is 8.62. The fraction of sp³-hybridized carbons (Fsp3) is 0.375. The van der Waals surface area contributed by atoms with Crippen molar-refractivity contribution in [2.75, 3.05) is 5.75 Å². The van der Waals surface area contributed by atoms with Crippen LogP contribution in [0.2, 0.25) is 0 Å². The minimum Gasteiger partial charge on any atom is -0.411 e. The zero-order valence-electron chi connectivity index (χ0n) is 18.9. The number of rotatable bonds is 5. The van der Waals surface area contributed by atoms with Gasteiger partial charge in [-0.05, 0) is 51.0 Å². The molecule has 1 aliphatic heterocycles. The summed E-state index contributed by atoms with van der Waals surface area (Å²) < 4.78 is 9.61. The monoisotopic (exact) mass is 463 g/mol. The van der Waals surface area contributed by atoms with Gasteiger partial charge in [0.1, 0.15) is 5.82 Å². The molecule has 9 heteroatoms. The van der Waals surface area contributed by atoms with Crippen LogP contribution < -0.4 is 5.56 Å². The van der Waals surface area contributed by atoms with Gasteiger partial charge in [0.25, 0.3) is 10.8 Å². The predicted octanol–water partition coefficient (Wildman–Crippen LogP) is 4.10. The number of aryl methyl sites for hydroxylation is 2. The molecule has 0 amide bonds. The van der Waals surface area contributed by atoms with Gasteiger partial charge in [0, 0.05) is 42.5 Å². The van der Waals surface area contributed by atoms with E-state index in [1.54, 1.807) is 12.1 Å². The number of aromatic nitrogens is 5. The number of nitrogens with zero attached hydrogens (tertiary/aromatic N) is 5. The van der Waals surface area contributed by atoms with E-state index in [4.69, 9.17) is 9.40 Å². The zero-order valence-corrected chi connectivity index (χ0v) is 19.7. The van der Waals surface area contributed by atoms with Crippen molar-refractivity contribution in [3.05, 3.63) is 57.4 Å². The minimum absolute atomic E-state index is 0.00942. The van der Waals surface area contributed by atoms with Crippen LogP contribution in [0.1, 0.15) is 46.8 Å². The van der Waals surface area contributed by atoms with Gasteiger partial charge in [-0.1, -0.05) is 18.2 Å². The summed E-state index contributed by atoms with van der Waals surface area (Å²) in [5.41, 5.74) is 4.06. The molecule has 0 radical (unpaired) electrons. The zero-order chi connectivity index (χ0) is 23.1. The Morgan fingerprint density at radius 3 is 2.79 bits per heavy atom. The van der Waals surface area contributed by atoms with Crippen molar-refractivity contribution < 1.29 is 9.21 Å². The fourth-order valence-corrected chi connectivity index (χ4v) is 4.93. The van der Waals surface area contributed by atoms with Crippen LogP contribution in [-0.2, 0) is 20.0 Å². The van der Waals surface area contributed by atoms with E-state index in [0.29, 0.717) is 33.1 Å². The molecular weight excluding hydrogens is 438 g/mol. The first-order chi connectivity index (χ1) is 15.9. The average molecular weight is 464 g/mol. The number of benzene rings is 1. The quantitative estimate of drug-likeness (QED) is 0.325. The van der Waals surface area contributed by atoms with Gasteiger partial charge in [0.15, 0.2) is 5.78 Å². The van der Waals surface area contributed by atoms with Gasteiger partial charge in [0.2, 0.25) is 5.89 Å². The molecule has 4 aromatic rings. The summed E-state index contributed by atoms with van der Waals surface area (Å²) in [6.45, 7) is 4.64. The molecule has 0 spiro atoms. The number of hydrogen-bond donors (Lipinski definition) is 0. The smallest absolute Gasteiger partial charge is 0.277 e. The number of fused-ring (bicyclic) bond motifs is 2. The number of hydrogen-bond acceptors (Lipinski definition) is 7. The van der Waals surface area contributed by atoms with Gasteiger partial charge in [-0.3, -0.25) is 14.2 Å². The molecule has 1 aliphatic rings. The average Bonchev–Trinajstić information content (AvgIpc) is 3.29. The van der Waals surface area contributed by atoms with Crippen LogP contribution in [0.5, 0.6) is 0 Å². The van der Waals surface area contributed by atoms with Crippen molar-refractivity contribution in [1.82, 2.24) is 24.3 Å². The predicted molar refractivity (Wildman–Crippen MR) is 127 cm³/mol. The molecule has 0 aliphatic carbocycles. The van der Waals surface area contributed by atoms with Gasteiger partial charge in [-0.25, -0.2) is 4.98 Å². The van der Waals surface area contributed by atoms with Gasteiger partial charge < -0.3 is 8.98 Å². The van der Waals surface area contributed by atoms with E-state index in [9.17, 15) is 9.59 Å². The van der Waals surface area contributed by atoms with Crippen LogP contribution in [0.25, 0.3) is 22.4 Å². The van der Waals surface area contributed by atoms with E-state index in [1.807, 2.05) is 42.2 Å². The molecule has 0 atom stereocenters. The van der Waals surface area contributed by atoms with Gasteiger partial charge >= 0.3 is 0 Å². The van der Waals surface area contributed by atoms with E-state index in [1.165, 1.54) is 11.8 Å². The van der Waals surface area contributed by atoms with Crippen molar-refractivity contribution >= 4 is 28.4 Å². The first-order valence-electron chi connectivity index (χ1n) is 11.1. The molecule has 3 aromatic heterocycles. The Kier molecular flexibility index (Phi) is 5.65. The number of Topliss-reactive ketones (excluding diaryl/α,β-unsaturated/α-hetero) is 1. The lowest BCUT2D eigenvalue weighted by atomic mass is 10.1. The number of thioether (sulfide) groups is 1. The Morgan fingerprint density at radius 2 is 2.00 bits per heavy atom. The normalized spacial score (nSPS) is 13.8. The first-order valence-corrected chi connectivity index (χ1v) is 12.1. The molecule has 170 valence electrons. The minimum atomic E-state index is 0.00942. The van der Waals surface area contributed by atoms with E-state index in [-0.39, 0.29) is 17.1 Å². The summed E-state index contributed by atoms with van der Waals surface area (Å²) >= 11 is 1.22. The second-order valence-corrected chi connectivity index (χ2v) is 9.38. The van der Waals surface area contributed by atoms with Crippen molar-refractivity contribution in [2.45, 2.75) is 51.3 Å². The second-order valence-electron chi connectivity index (χ2n) is 8.46. The van der Waals surface area contributed by atoms with Crippen LogP contribution in [0, 0.1) is 13.8 Å². The van der Waals surface area contributed by atoms with Crippen LogP contribution in [0.4, 0.5) is 0 Å². The Labute approximate surface area is 195 Å². The first kappa shape index (κ1) is 21.6. The maximum absolute atomic E-state index is 12.9. The molecule has 0 bridgehead atoms. The number of carbonyl (C=O) groups is 1. The third-order valence-corrected chi connectivity index (χ3v) is 7.19. The van der Waals surface area contributed by atoms with Gasteiger partial charge in [-0.15, -0.1) is 10.2 Å². The molecule has 0 saturated carbocycles. The number of ketones is 1. The molecule has 1 aromatic carbocycles. The molecule has 0 N–H and O–H groups in total. The number of carbonyl (C=O) groups excluding carboxylic acids is 1. The third kappa shape index (κ3) is 4.01. The maximum atomic E-state index is 12.9. The van der Waals surface area contributed by atoms with Crippen molar-refractivity contribution in [1.29, 1.82) is 0 Å². The van der Waals surface area contributed by atoms with E-state index in [2.05, 4.69) is 10.2 Å². The van der Waals surface area contributed by atoms with Crippen molar-refractivity contribution in [2.24, 2.45) is 7.05 Å². The van der Waals surface area contributed by atoms with Crippen molar-refractivity contribution in [3.63, 3.8) is 0 Å². The highest BCUT2D eigenvalue weighted by atomic mass is 32.2. The molecule has 0 unspecified atom stereocenters.